The average Bonchev–Trinajstić information content (AvgIpc) is 2.75. The van der Waals surface area contributed by atoms with E-state index in [9.17, 15) is 4.79 Å². The number of carbonyl (C=O) groups excluding carboxylic acids is 1. The van der Waals surface area contributed by atoms with Gasteiger partial charge in [-0.25, -0.2) is 4.98 Å². The van der Waals surface area contributed by atoms with Gasteiger partial charge in [0.05, 0.1) is 12.1 Å². The van der Waals surface area contributed by atoms with Crippen LogP contribution in [0.15, 0.2) is 72.9 Å². The van der Waals surface area contributed by atoms with Crippen LogP contribution in [-0.2, 0) is 11.3 Å². The number of benzene rings is 2. The van der Waals surface area contributed by atoms with Gasteiger partial charge in [0.15, 0.2) is 0 Å². The molecular formula is C23H23N5O. The normalized spacial score (nSPS) is 10.1. The zero-order valence-electron chi connectivity index (χ0n) is 16.5. The highest BCUT2D eigenvalue weighted by atomic mass is 16.2. The Hall–Kier alpha value is -3.85. The first-order valence-electron chi connectivity index (χ1n) is 9.27. The first-order chi connectivity index (χ1) is 14.0. The van der Waals surface area contributed by atoms with E-state index in [0.717, 1.165) is 17.9 Å². The number of aromatic nitrogens is 1. The van der Waals surface area contributed by atoms with Crippen molar-refractivity contribution in [3.63, 3.8) is 0 Å². The number of likely N-dealkylation sites (N-methyl/N-ethyl adjacent to an activating group) is 1. The summed E-state index contributed by atoms with van der Waals surface area (Å²) in [5.41, 5.74) is 3.55. The Bertz CT molecular complexity index is 979. The molecule has 6 heteroatoms. The molecule has 1 amide bonds. The van der Waals surface area contributed by atoms with Gasteiger partial charge in [-0.3, -0.25) is 4.79 Å². The Labute approximate surface area is 171 Å². The van der Waals surface area contributed by atoms with Crippen molar-refractivity contribution in [2.75, 3.05) is 35.8 Å². The SMILES string of the molecule is CN(Cc1ccccc1)c1ccc(NC(=O)CN(C)c2ccc(C#N)cn2)cc1. The van der Waals surface area contributed by atoms with Crippen molar-refractivity contribution in [2.24, 2.45) is 0 Å². The number of hydrogen-bond acceptors (Lipinski definition) is 5. The van der Waals surface area contributed by atoms with Crippen LogP contribution in [0.1, 0.15) is 11.1 Å². The van der Waals surface area contributed by atoms with Gasteiger partial charge in [-0.15, -0.1) is 0 Å². The summed E-state index contributed by atoms with van der Waals surface area (Å²) in [5.74, 6) is 0.501. The number of amides is 1. The molecule has 0 aliphatic rings. The lowest BCUT2D eigenvalue weighted by Gasteiger charge is -2.20. The molecule has 29 heavy (non-hydrogen) atoms. The Morgan fingerprint density at radius 1 is 1.00 bits per heavy atom. The molecule has 0 saturated heterocycles. The average molecular weight is 385 g/mol. The largest absolute Gasteiger partial charge is 0.370 e. The van der Waals surface area contributed by atoms with Gasteiger partial charge < -0.3 is 15.1 Å². The predicted molar refractivity (Wildman–Crippen MR) is 116 cm³/mol. The quantitative estimate of drug-likeness (QED) is 0.672. The van der Waals surface area contributed by atoms with Gasteiger partial charge >= 0.3 is 0 Å². The van der Waals surface area contributed by atoms with Crippen LogP contribution >= 0.6 is 0 Å². The molecule has 0 radical (unpaired) electrons. The van der Waals surface area contributed by atoms with Gasteiger partial charge in [0.25, 0.3) is 0 Å². The van der Waals surface area contributed by atoms with Gasteiger partial charge in [0.1, 0.15) is 11.9 Å². The summed E-state index contributed by atoms with van der Waals surface area (Å²) in [6.07, 6.45) is 1.49. The molecule has 1 N–H and O–H groups in total. The summed E-state index contributed by atoms with van der Waals surface area (Å²) in [6.45, 7) is 0.976. The van der Waals surface area contributed by atoms with Gasteiger partial charge in [0.2, 0.25) is 5.91 Å². The van der Waals surface area contributed by atoms with E-state index in [1.54, 1.807) is 24.1 Å². The molecule has 2 aromatic carbocycles. The third kappa shape index (κ3) is 5.56. The van der Waals surface area contributed by atoms with E-state index in [1.165, 1.54) is 11.8 Å². The molecule has 1 aromatic heterocycles. The van der Waals surface area contributed by atoms with Crippen LogP contribution in [0.25, 0.3) is 0 Å². The second-order valence-corrected chi connectivity index (χ2v) is 6.81. The van der Waals surface area contributed by atoms with E-state index in [0.29, 0.717) is 11.4 Å². The molecule has 0 aliphatic heterocycles. The number of rotatable bonds is 7. The van der Waals surface area contributed by atoms with Crippen molar-refractivity contribution in [3.05, 3.63) is 84.1 Å². The summed E-state index contributed by atoms with van der Waals surface area (Å²) in [6, 6.07) is 23.5. The third-order valence-corrected chi connectivity index (χ3v) is 4.50. The van der Waals surface area contributed by atoms with Crippen LogP contribution in [0.2, 0.25) is 0 Å². The topological polar surface area (TPSA) is 72.3 Å². The van der Waals surface area contributed by atoms with Crippen LogP contribution in [-0.4, -0.2) is 31.5 Å². The smallest absolute Gasteiger partial charge is 0.243 e. The zero-order chi connectivity index (χ0) is 20.6. The fraction of sp³-hybridized carbons (Fsp3) is 0.174. The maximum absolute atomic E-state index is 12.3. The number of carbonyl (C=O) groups is 1. The van der Waals surface area contributed by atoms with Crippen molar-refractivity contribution in [1.82, 2.24) is 4.98 Å². The summed E-state index contributed by atoms with van der Waals surface area (Å²) in [7, 11) is 3.83. The molecule has 0 bridgehead atoms. The number of hydrogen-bond donors (Lipinski definition) is 1. The molecule has 1 heterocycles. The molecule has 0 unspecified atom stereocenters. The highest BCUT2D eigenvalue weighted by Gasteiger charge is 2.10. The van der Waals surface area contributed by atoms with Crippen LogP contribution in [0, 0.1) is 11.3 Å². The van der Waals surface area contributed by atoms with Crippen LogP contribution in [0.4, 0.5) is 17.2 Å². The van der Waals surface area contributed by atoms with Gasteiger partial charge in [-0.05, 0) is 42.0 Å². The Kier molecular flexibility index (Phi) is 6.43. The maximum Gasteiger partial charge on any atom is 0.243 e. The van der Waals surface area contributed by atoms with E-state index in [4.69, 9.17) is 5.26 Å². The van der Waals surface area contributed by atoms with Crippen LogP contribution < -0.4 is 15.1 Å². The van der Waals surface area contributed by atoms with E-state index in [2.05, 4.69) is 27.3 Å². The van der Waals surface area contributed by atoms with Gasteiger partial charge in [-0.1, -0.05) is 30.3 Å². The molecular weight excluding hydrogens is 362 g/mol. The Morgan fingerprint density at radius 3 is 2.34 bits per heavy atom. The molecule has 0 spiro atoms. The van der Waals surface area contributed by atoms with Crippen LogP contribution in [0.3, 0.4) is 0 Å². The van der Waals surface area contributed by atoms with Crippen LogP contribution in [0.5, 0.6) is 0 Å². The second kappa shape index (κ2) is 9.38. The van der Waals surface area contributed by atoms with Crippen molar-refractivity contribution in [2.45, 2.75) is 6.54 Å². The van der Waals surface area contributed by atoms with Crippen molar-refractivity contribution in [3.8, 4) is 6.07 Å². The number of nitrogens with one attached hydrogen (secondary N) is 1. The van der Waals surface area contributed by atoms with Crippen molar-refractivity contribution >= 4 is 23.1 Å². The predicted octanol–water partition coefficient (Wildman–Crippen LogP) is 3.66. The molecule has 0 saturated carbocycles. The third-order valence-electron chi connectivity index (χ3n) is 4.50. The molecule has 146 valence electrons. The van der Waals surface area contributed by atoms with Gasteiger partial charge in [0, 0.05) is 38.2 Å². The fourth-order valence-electron chi connectivity index (χ4n) is 2.92. The molecule has 6 nitrogen and oxygen atoms in total. The molecule has 0 atom stereocenters. The fourth-order valence-corrected chi connectivity index (χ4v) is 2.92. The molecule has 0 aliphatic carbocycles. The van der Waals surface area contributed by atoms with Crippen molar-refractivity contribution < 1.29 is 4.79 Å². The number of nitrogens with zero attached hydrogens (tertiary/aromatic N) is 4. The lowest BCUT2D eigenvalue weighted by atomic mass is 10.2. The second-order valence-electron chi connectivity index (χ2n) is 6.81. The highest BCUT2D eigenvalue weighted by Crippen LogP contribution is 2.19. The standard InChI is InChI=1S/C23H23N5O/c1-27(16-18-6-4-3-5-7-18)21-11-9-20(10-12-21)26-23(29)17-28(2)22-13-8-19(14-24)15-25-22/h3-13,15H,16-17H2,1-2H3,(H,26,29). The monoisotopic (exact) mass is 385 g/mol. The Balaban J connectivity index is 1.54. The first kappa shape index (κ1) is 19.9. The molecule has 3 aromatic rings. The molecule has 0 fully saturated rings. The lowest BCUT2D eigenvalue weighted by molar-refractivity contribution is -0.114. The zero-order valence-corrected chi connectivity index (χ0v) is 16.5. The first-order valence-corrected chi connectivity index (χ1v) is 9.27. The highest BCUT2D eigenvalue weighted by molar-refractivity contribution is 5.94. The summed E-state index contributed by atoms with van der Waals surface area (Å²) in [4.78, 5) is 20.4. The number of pyridine rings is 1. The van der Waals surface area contributed by atoms with E-state index < -0.39 is 0 Å². The van der Waals surface area contributed by atoms with Gasteiger partial charge in [-0.2, -0.15) is 5.26 Å². The summed E-state index contributed by atoms with van der Waals surface area (Å²) in [5, 5.41) is 11.7. The van der Waals surface area contributed by atoms with E-state index >= 15 is 0 Å². The molecule has 3 rings (SSSR count). The minimum absolute atomic E-state index is 0.135. The minimum Gasteiger partial charge on any atom is -0.370 e. The van der Waals surface area contributed by atoms with E-state index in [-0.39, 0.29) is 12.5 Å². The lowest BCUT2D eigenvalue weighted by Crippen LogP contribution is -2.30. The summed E-state index contributed by atoms with van der Waals surface area (Å²) >= 11 is 0. The number of nitriles is 1. The number of anilines is 3. The Morgan fingerprint density at radius 2 is 1.72 bits per heavy atom. The van der Waals surface area contributed by atoms with E-state index in [1.807, 2.05) is 55.6 Å². The minimum atomic E-state index is -0.135. The maximum atomic E-state index is 12.3. The van der Waals surface area contributed by atoms with Crippen molar-refractivity contribution in [1.29, 1.82) is 5.26 Å². The summed E-state index contributed by atoms with van der Waals surface area (Å²) < 4.78 is 0.